The number of aliphatic hydroxyl groups excluding tert-OH is 1. The van der Waals surface area contributed by atoms with E-state index in [0.717, 1.165) is 28.4 Å². The van der Waals surface area contributed by atoms with Crippen LogP contribution in [0.25, 0.3) is 10.6 Å². The molecule has 33 heavy (non-hydrogen) atoms. The lowest BCUT2D eigenvalue weighted by atomic mass is 9.89. The first-order chi connectivity index (χ1) is 15.6. The van der Waals surface area contributed by atoms with Gasteiger partial charge < -0.3 is 9.84 Å². The van der Waals surface area contributed by atoms with Crippen LogP contribution in [0.1, 0.15) is 30.7 Å². The zero-order chi connectivity index (χ0) is 23.8. The number of thiazole rings is 1. The Balaban J connectivity index is 1.51. The van der Waals surface area contributed by atoms with E-state index in [4.69, 9.17) is 10.00 Å². The minimum absolute atomic E-state index is 0.0414. The van der Waals surface area contributed by atoms with Crippen molar-refractivity contribution in [2.24, 2.45) is 5.41 Å². The van der Waals surface area contributed by atoms with E-state index in [1.165, 1.54) is 17.4 Å². The predicted molar refractivity (Wildman–Crippen MR) is 118 cm³/mol. The molecule has 0 spiro atoms. The van der Waals surface area contributed by atoms with E-state index in [0.29, 0.717) is 13.1 Å². The molecular weight excluding hydrogens is 451 g/mol. The summed E-state index contributed by atoms with van der Waals surface area (Å²) in [4.78, 5) is 6.47. The fourth-order valence-corrected chi connectivity index (χ4v) is 4.87. The molecule has 9 heteroatoms. The molecule has 5 nitrogen and oxygen atoms in total. The Labute approximate surface area is 193 Å². The molecule has 1 aromatic heterocycles. The van der Waals surface area contributed by atoms with Crippen molar-refractivity contribution < 1.29 is 23.0 Å². The number of ether oxygens (including phenoxy) is 1. The van der Waals surface area contributed by atoms with Crippen LogP contribution in [0.4, 0.5) is 13.2 Å². The van der Waals surface area contributed by atoms with Gasteiger partial charge in [-0.2, -0.15) is 18.4 Å². The number of likely N-dealkylation sites (tertiary alicyclic amines) is 1. The summed E-state index contributed by atoms with van der Waals surface area (Å²) < 4.78 is 45.8. The SMILES string of the molecule is CC1(C)CN(Cc2csc(-c3ccccc3)n2)[C@H](O)C1Oc1ccc(C#N)c(C(F)(F)F)c1. The van der Waals surface area contributed by atoms with Gasteiger partial charge in [0, 0.05) is 29.4 Å². The molecule has 2 heterocycles. The summed E-state index contributed by atoms with van der Waals surface area (Å²) in [6.45, 7) is 4.64. The number of alkyl halides is 3. The van der Waals surface area contributed by atoms with Gasteiger partial charge >= 0.3 is 6.18 Å². The van der Waals surface area contributed by atoms with Crippen molar-refractivity contribution in [2.45, 2.75) is 38.9 Å². The van der Waals surface area contributed by atoms with Crippen LogP contribution in [0.3, 0.4) is 0 Å². The van der Waals surface area contributed by atoms with Crippen LogP contribution in [-0.2, 0) is 12.7 Å². The van der Waals surface area contributed by atoms with Gasteiger partial charge in [0.1, 0.15) is 23.1 Å². The van der Waals surface area contributed by atoms with Crippen LogP contribution in [0.15, 0.2) is 53.9 Å². The largest absolute Gasteiger partial charge is 0.486 e. The van der Waals surface area contributed by atoms with Gasteiger partial charge in [0.25, 0.3) is 0 Å². The van der Waals surface area contributed by atoms with Gasteiger partial charge in [-0.25, -0.2) is 4.98 Å². The van der Waals surface area contributed by atoms with E-state index in [2.05, 4.69) is 4.98 Å². The number of hydrogen-bond donors (Lipinski definition) is 1. The van der Waals surface area contributed by atoms with E-state index in [1.807, 2.05) is 54.5 Å². The van der Waals surface area contributed by atoms with Crippen LogP contribution in [-0.4, -0.2) is 33.9 Å². The van der Waals surface area contributed by atoms with E-state index in [-0.39, 0.29) is 5.75 Å². The van der Waals surface area contributed by atoms with Gasteiger partial charge in [-0.3, -0.25) is 4.90 Å². The third kappa shape index (κ3) is 4.88. The molecule has 1 fully saturated rings. The number of nitrogens with zero attached hydrogens (tertiary/aromatic N) is 3. The smallest absolute Gasteiger partial charge is 0.417 e. The molecule has 1 aliphatic rings. The van der Waals surface area contributed by atoms with E-state index >= 15 is 0 Å². The molecule has 0 aliphatic carbocycles. The first-order valence-electron chi connectivity index (χ1n) is 10.3. The van der Waals surface area contributed by atoms with Crippen LogP contribution in [0.5, 0.6) is 5.75 Å². The Kier molecular flexibility index (Phi) is 6.18. The van der Waals surface area contributed by atoms with Crippen LogP contribution in [0.2, 0.25) is 0 Å². The molecule has 1 aliphatic heterocycles. The second kappa shape index (κ2) is 8.78. The quantitative estimate of drug-likeness (QED) is 0.544. The Morgan fingerprint density at radius 2 is 1.97 bits per heavy atom. The monoisotopic (exact) mass is 473 g/mol. The summed E-state index contributed by atoms with van der Waals surface area (Å²) in [5.41, 5.74) is -0.254. The van der Waals surface area contributed by atoms with Crippen molar-refractivity contribution >= 4 is 11.3 Å². The molecule has 172 valence electrons. The van der Waals surface area contributed by atoms with Gasteiger partial charge in [0.15, 0.2) is 0 Å². The zero-order valence-electron chi connectivity index (χ0n) is 18.0. The molecule has 0 saturated carbocycles. The molecule has 3 aromatic rings. The van der Waals surface area contributed by atoms with Crippen molar-refractivity contribution in [3.63, 3.8) is 0 Å². The van der Waals surface area contributed by atoms with Gasteiger partial charge in [-0.15, -0.1) is 11.3 Å². The highest BCUT2D eigenvalue weighted by Crippen LogP contribution is 2.39. The first kappa shape index (κ1) is 23.2. The Morgan fingerprint density at radius 1 is 1.24 bits per heavy atom. The van der Waals surface area contributed by atoms with Crippen molar-refractivity contribution in [1.29, 1.82) is 5.26 Å². The maximum atomic E-state index is 13.3. The molecule has 2 aromatic carbocycles. The normalized spacial score (nSPS) is 20.5. The minimum Gasteiger partial charge on any atom is -0.486 e. The summed E-state index contributed by atoms with van der Waals surface area (Å²) >= 11 is 1.51. The van der Waals surface area contributed by atoms with Crippen molar-refractivity contribution in [3.8, 4) is 22.4 Å². The summed E-state index contributed by atoms with van der Waals surface area (Å²) in [7, 11) is 0. The standard InChI is InChI=1S/C24H22F3N3O2S/c1-23(2)14-30(12-17-13-33-21(29-17)15-6-4-3-5-7-15)22(31)20(23)32-18-9-8-16(11-28)19(10-18)24(25,26)27/h3-10,13,20,22,31H,12,14H2,1-2H3/t20?,22-/m1/s1. The predicted octanol–water partition coefficient (Wildman–Crippen LogP) is 5.31. The van der Waals surface area contributed by atoms with Gasteiger partial charge in [0.05, 0.1) is 22.9 Å². The molecule has 1 saturated heterocycles. The summed E-state index contributed by atoms with van der Waals surface area (Å²) in [5.74, 6) is -0.0414. The second-order valence-electron chi connectivity index (χ2n) is 8.67. The average molecular weight is 474 g/mol. The topological polar surface area (TPSA) is 69.4 Å². The highest BCUT2D eigenvalue weighted by molar-refractivity contribution is 7.13. The first-order valence-corrected chi connectivity index (χ1v) is 11.2. The van der Waals surface area contributed by atoms with Crippen molar-refractivity contribution in [2.75, 3.05) is 6.54 Å². The molecule has 2 atom stereocenters. The lowest BCUT2D eigenvalue weighted by Gasteiger charge is -2.28. The molecule has 0 amide bonds. The van der Waals surface area contributed by atoms with Crippen molar-refractivity contribution in [3.05, 3.63) is 70.7 Å². The van der Waals surface area contributed by atoms with E-state index in [9.17, 15) is 18.3 Å². The number of aliphatic hydroxyl groups is 1. The third-order valence-corrected chi connectivity index (χ3v) is 6.58. The summed E-state index contributed by atoms with van der Waals surface area (Å²) in [5, 5.41) is 22.8. The number of hydrogen-bond acceptors (Lipinski definition) is 6. The van der Waals surface area contributed by atoms with Crippen LogP contribution >= 0.6 is 11.3 Å². The lowest BCUT2D eigenvalue weighted by molar-refractivity contribution is -0.138. The fraction of sp³-hybridized carbons (Fsp3) is 0.333. The molecule has 4 rings (SSSR count). The van der Waals surface area contributed by atoms with Gasteiger partial charge in [0.2, 0.25) is 0 Å². The number of nitriles is 1. The maximum absolute atomic E-state index is 13.3. The number of aromatic nitrogens is 1. The molecular formula is C24H22F3N3O2S. The molecule has 1 unspecified atom stereocenters. The Hall–Kier alpha value is -2.93. The summed E-state index contributed by atoms with van der Waals surface area (Å²) in [6.07, 6.45) is -6.48. The van der Waals surface area contributed by atoms with Crippen molar-refractivity contribution in [1.82, 2.24) is 9.88 Å². The van der Waals surface area contributed by atoms with E-state index in [1.54, 1.807) is 6.07 Å². The van der Waals surface area contributed by atoms with E-state index < -0.39 is 35.1 Å². The fourth-order valence-electron chi connectivity index (χ4n) is 4.05. The van der Waals surface area contributed by atoms with Crippen LogP contribution in [0, 0.1) is 16.7 Å². The highest BCUT2D eigenvalue weighted by Gasteiger charge is 2.48. The maximum Gasteiger partial charge on any atom is 0.417 e. The molecule has 1 N–H and O–H groups in total. The van der Waals surface area contributed by atoms with Gasteiger partial charge in [-0.1, -0.05) is 44.2 Å². The van der Waals surface area contributed by atoms with Gasteiger partial charge in [-0.05, 0) is 18.2 Å². The highest BCUT2D eigenvalue weighted by atomic mass is 32.1. The average Bonchev–Trinajstić information content (AvgIpc) is 3.32. The number of rotatable bonds is 5. The number of benzene rings is 2. The lowest BCUT2D eigenvalue weighted by Crippen LogP contribution is -2.40. The molecule has 0 radical (unpaired) electrons. The van der Waals surface area contributed by atoms with Crippen LogP contribution < -0.4 is 4.74 Å². The second-order valence-corrected chi connectivity index (χ2v) is 9.53. The number of halogens is 3. The zero-order valence-corrected chi connectivity index (χ0v) is 18.8. The molecule has 0 bridgehead atoms. The third-order valence-electron chi connectivity index (χ3n) is 5.64. The Morgan fingerprint density at radius 3 is 2.64 bits per heavy atom. The minimum atomic E-state index is -4.68. The summed E-state index contributed by atoms with van der Waals surface area (Å²) in [6, 6.07) is 14.6. The Bertz CT molecular complexity index is 1170.